The molecule has 1 atom stereocenters. The maximum atomic E-state index is 12.8. The highest BCUT2D eigenvalue weighted by molar-refractivity contribution is 5.78. The van der Waals surface area contributed by atoms with Crippen LogP contribution in [0.5, 0.6) is 0 Å². The van der Waals surface area contributed by atoms with Crippen LogP contribution in [0.4, 0.5) is 5.95 Å². The highest BCUT2D eigenvalue weighted by Crippen LogP contribution is 2.38. The lowest BCUT2D eigenvalue weighted by Crippen LogP contribution is -2.40. The van der Waals surface area contributed by atoms with Crippen LogP contribution in [0.25, 0.3) is 10.9 Å². The van der Waals surface area contributed by atoms with Crippen molar-refractivity contribution in [2.45, 2.75) is 44.2 Å². The van der Waals surface area contributed by atoms with E-state index in [0.717, 1.165) is 37.9 Å². The number of aromatic nitrogens is 4. The van der Waals surface area contributed by atoms with Crippen LogP contribution < -0.4 is 16.0 Å². The minimum atomic E-state index is -0.0726. The highest BCUT2D eigenvalue weighted by Gasteiger charge is 2.30. The molecule has 2 fully saturated rings. The lowest BCUT2D eigenvalue weighted by Gasteiger charge is -2.27. The smallest absolute Gasteiger partial charge is 0.266 e. The van der Waals surface area contributed by atoms with Crippen molar-refractivity contribution in [1.82, 2.24) is 19.3 Å². The third kappa shape index (κ3) is 2.91. The van der Waals surface area contributed by atoms with Gasteiger partial charge in [0, 0.05) is 25.6 Å². The number of para-hydroxylation sites is 1. The zero-order valence-corrected chi connectivity index (χ0v) is 15.9. The van der Waals surface area contributed by atoms with E-state index in [1.807, 2.05) is 30.3 Å². The van der Waals surface area contributed by atoms with Crippen molar-refractivity contribution in [3.8, 4) is 0 Å². The van der Waals surface area contributed by atoms with Crippen molar-refractivity contribution >= 4 is 16.9 Å². The summed E-state index contributed by atoms with van der Waals surface area (Å²) in [5.41, 5.74) is 1.60. The minimum Gasteiger partial charge on any atom is -0.337 e. The van der Waals surface area contributed by atoms with Gasteiger partial charge >= 0.3 is 0 Å². The van der Waals surface area contributed by atoms with Crippen LogP contribution in [-0.4, -0.2) is 31.9 Å². The maximum Gasteiger partial charge on any atom is 0.266 e. The van der Waals surface area contributed by atoms with Gasteiger partial charge in [0.05, 0.1) is 29.2 Å². The third-order valence-electron chi connectivity index (χ3n) is 5.86. The molecule has 0 radical (unpaired) electrons. The number of nitrogens with zero attached hydrogens (tertiary/aromatic N) is 5. The zero-order chi connectivity index (χ0) is 19.3. The van der Waals surface area contributed by atoms with Crippen LogP contribution >= 0.6 is 0 Å². The predicted octanol–water partition coefficient (Wildman–Crippen LogP) is 2.04. The Kier molecular flexibility index (Phi) is 4.03. The van der Waals surface area contributed by atoms with Crippen LogP contribution in [0.15, 0.2) is 46.0 Å². The first-order valence-corrected chi connectivity index (χ1v) is 9.92. The molecule has 1 saturated heterocycles. The molecule has 2 aliphatic rings. The SMILES string of the molecule is Cn1c(N2CCCC2Cn2nc(C3CC3)ccc2=O)nc2ccccc2c1=O. The molecule has 144 valence electrons. The lowest BCUT2D eigenvalue weighted by molar-refractivity contribution is 0.476. The molecule has 3 heterocycles. The Morgan fingerprint density at radius 1 is 1.07 bits per heavy atom. The lowest BCUT2D eigenvalue weighted by atomic mass is 10.2. The quantitative estimate of drug-likeness (QED) is 0.696. The Labute approximate surface area is 162 Å². The monoisotopic (exact) mass is 377 g/mol. The Morgan fingerprint density at radius 3 is 2.71 bits per heavy atom. The second kappa shape index (κ2) is 6.58. The van der Waals surface area contributed by atoms with Gasteiger partial charge in [-0.15, -0.1) is 0 Å². The summed E-state index contributed by atoms with van der Waals surface area (Å²) in [6.07, 6.45) is 4.27. The van der Waals surface area contributed by atoms with Crippen LogP contribution in [0, 0.1) is 0 Å². The van der Waals surface area contributed by atoms with Crippen molar-refractivity contribution in [2.24, 2.45) is 7.05 Å². The summed E-state index contributed by atoms with van der Waals surface area (Å²) >= 11 is 0. The topological polar surface area (TPSA) is 73.0 Å². The molecule has 2 aromatic heterocycles. The number of hydrogen-bond acceptors (Lipinski definition) is 5. The summed E-state index contributed by atoms with van der Waals surface area (Å²) in [6, 6.07) is 11.0. The first-order valence-electron chi connectivity index (χ1n) is 9.92. The van der Waals surface area contributed by atoms with Gasteiger partial charge in [0.25, 0.3) is 11.1 Å². The minimum absolute atomic E-state index is 0.0442. The first kappa shape index (κ1) is 17.2. The molecule has 0 spiro atoms. The average Bonchev–Trinajstić information content (AvgIpc) is 3.46. The maximum absolute atomic E-state index is 12.8. The molecule has 7 nitrogen and oxygen atoms in total. The molecule has 7 heteroatoms. The number of anilines is 1. The molecule has 0 bridgehead atoms. The summed E-state index contributed by atoms with van der Waals surface area (Å²) in [5, 5.41) is 5.23. The molecule has 5 rings (SSSR count). The Hall–Kier alpha value is -2.96. The normalized spacial score (nSPS) is 19.5. The number of benzene rings is 1. The van der Waals surface area contributed by atoms with E-state index in [2.05, 4.69) is 10.00 Å². The molecular weight excluding hydrogens is 354 g/mol. The molecule has 1 aromatic carbocycles. The second-order valence-electron chi connectivity index (χ2n) is 7.84. The fraction of sp³-hybridized carbons (Fsp3) is 0.429. The van der Waals surface area contributed by atoms with Crippen LogP contribution in [0.3, 0.4) is 0 Å². The van der Waals surface area contributed by atoms with Crippen molar-refractivity contribution in [2.75, 3.05) is 11.4 Å². The molecule has 3 aromatic rings. The van der Waals surface area contributed by atoms with E-state index in [9.17, 15) is 9.59 Å². The second-order valence-corrected chi connectivity index (χ2v) is 7.84. The van der Waals surface area contributed by atoms with Crippen molar-refractivity contribution in [3.05, 3.63) is 62.8 Å². The van der Waals surface area contributed by atoms with Crippen LogP contribution in [-0.2, 0) is 13.6 Å². The highest BCUT2D eigenvalue weighted by atomic mass is 16.1. The molecule has 0 amide bonds. The summed E-state index contributed by atoms with van der Waals surface area (Å²) in [5.74, 6) is 1.17. The largest absolute Gasteiger partial charge is 0.337 e. The van der Waals surface area contributed by atoms with E-state index in [-0.39, 0.29) is 17.2 Å². The molecule has 1 aliphatic heterocycles. The van der Waals surface area contributed by atoms with E-state index >= 15 is 0 Å². The van der Waals surface area contributed by atoms with E-state index in [4.69, 9.17) is 4.98 Å². The van der Waals surface area contributed by atoms with Crippen molar-refractivity contribution < 1.29 is 0 Å². The molecule has 1 aliphatic carbocycles. The van der Waals surface area contributed by atoms with Gasteiger partial charge in [0.1, 0.15) is 0 Å². The summed E-state index contributed by atoms with van der Waals surface area (Å²) < 4.78 is 3.22. The standard InChI is InChI=1S/C21H23N5O2/c1-24-20(28)16-6-2-3-7-18(16)22-21(24)25-12-4-5-15(25)13-26-19(27)11-10-17(23-26)14-8-9-14/h2-3,6-7,10-11,14-15H,4-5,8-9,12-13H2,1H3. The summed E-state index contributed by atoms with van der Waals surface area (Å²) in [6.45, 7) is 1.34. The van der Waals surface area contributed by atoms with Crippen molar-refractivity contribution in [1.29, 1.82) is 0 Å². The van der Waals surface area contributed by atoms with Gasteiger partial charge in [-0.2, -0.15) is 5.10 Å². The Morgan fingerprint density at radius 2 is 1.89 bits per heavy atom. The fourth-order valence-corrected chi connectivity index (χ4v) is 4.14. The summed E-state index contributed by atoms with van der Waals surface area (Å²) in [7, 11) is 1.77. The third-order valence-corrected chi connectivity index (χ3v) is 5.86. The molecule has 28 heavy (non-hydrogen) atoms. The van der Waals surface area contributed by atoms with Gasteiger partial charge in [-0.3, -0.25) is 14.2 Å². The van der Waals surface area contributed by atoms with Gasteiger partial charge in [0.2, 0.25) is 5.95 Å². The molecule has 1 saturated carbocycles. The number of rotatable bonds is 4. The summed E-state index contributed by atoms with van der Waals surface area (Å²) in [4.78, 5) is 32.1. The molecular formula is C21H23N5O2. The molecule has 1 unspecified atom stereocenters. The van der Waals surface area contributed by atoms with Crippen LogP contribution in [0.2, 0.25) is 0 Å². The number of fused-ring (bicyclic) bond motifs is 1. The van der Waals surface area contributed by atoms with Crippen LogP contribution in [0.1, 0.15) is 37.3 Å². The average molecular weight is 377 g/mol. The van der Waals surface area contributed by atoms with Gasteiger partial charge in [-0.25, -0.2) is 9.67 Å². The van der Waals surface area contributed by atoms with Gasteiger partial charge in [-0.1, -0.05) is 12.1 Å². The van der Waals surface area contributed by atoms with E-state index in [0.29, 0.717) is 29.3 Å². The first-order chi connectivity index (χ1) is 13.6. The van der Waals surface area contributed by atoms with Gasteiger partial charge in [0.15, 0.2) is 0 Å². The Balaban J connectivity index is 1.50. The van der Waals surface area contributed by atoms with E-state index in [1.165, 1.54) is 0 Å². The predicted molar refractivity (Wildman–Crippen MR) is 108 cm³/mol. The number of hydrogen-bond donors (Lipinski definition) is 0. The van der Waals surface area contributed by atoms with Crippen molar-refractivity contribution in [3.63, 3.8) is 0 Å². The van der Waals surface area contributed by atoms with E-state index in [1.54, 1.807) is 22.4 Å². The van der Waals surface area contributed by atoms with Gasteiger partial charge < -0.3 is 4.90 Å². The fourth-order valence-electron chi connectivity index (χ4n) is 4.14. The Bertz CT molecular complexity index is 1160. The molecule has 0 N–H and O–H groups in total. The van der Waals surface area contributed by atoms with E-state index < -0.39 is 0 Å². The van der Waals surface area contributed by atoms with Gasteiger partial charge in [-0.05, 0) is 43.9 Å². The zero-order valence-electron chi connectivity index (χ0n) is 15.9.